The predicted molar refractivity (Wildman–Crippen MR) is 119 cm³/mol. The first-order valence-corrected chi connectivity index (χ1v) is 11.1. The molecule has 1 N–H and O–H groups in total. The lowest BCUT2D eigenvalue weighted by molar-refractivity contribution is -0.121. The van der Waals surface area contributed by atoms with Crippen LogP contribution in [0.1, 0.15) is 29.2 Å². The van der Waals surface area contributed by atoms with E-state index < -0.39 is 0 Å². The molecule has 1 saturated heterocycles. The molecule has 0 saturated carbocycles. The Morgan fingerprint density at radius 3 is 2.53 bits per heavy atom. The number of rotatable bonds is 5. The smallest absolute Gasteiger partial charge is 0.295 e. The molecule has 0 unspecified atom stereocenters. The number of nitrogens with zero attached hydrogens (tertiary/aromatic N) is 4. The summed E-state index contributed by atoms with van der Waals surface area (Å²) in [6.07, 6.45) is 1.57. The molecule has 0 radical (unpaired) electrons. The van der Waals surface area contributed by atoms with E-state index in [9.17, 15) is 9.59 Å². The van der Waals surface area contributed by atoms with Gasteiger partial charge in [-0.3, -0.25) is 19.2 Å². The first kappa shape index (κ1) is 20.6. The average Bonchev–Trinajstić information content (AvgIpc) is 3.25. The maximum Gasteiger partial charge on any atom is 0.295 e. The zero-order valence-electron chi connectivity index (χ0n) is 17.6. The minimum Gasteiger partial charge on any atom is -0.320 e. The summed E-state index contributed by atoms with van der Waals surface area (Å²) in [6, 6.07) is 9.46. The van der Waals surface area contributed by atoms with E-state index in [-0.39, 0.29) is 17.4 Å². The Morgan fingerprint density at radius 1 is 1.20 bits per heavy atom. The Labute approximate surface area is 179 Å². The number of anilines is 1. The fourth-order valence-corrected chi connectivity index (χ4v) is 4.60. The van der Waals surface area contributed by atoms with E-state index in [1.807, 2.05) is 51.2 Å². The summed E-state index contributed by atoms with van der Waals surface area (Å²) >= 11 is 1.67. The summed E-state index contributed by atoms with van der Waals surface area (Å²) in [4.78, 5) is 32.8. The summed E-state index contributed by atoms with van der Waals surface area (Å²) in [5, 5.41) is 6.11. The SMILES string of the molecule is Cc1nc(CN2CCC(C(=O)Nc3c(C)n(C)n(-c4ccccc4)c3=O)CC2)cs1. The van der Waals surface area contributed by atoms with Crippen LogP contribution in [0, 0.1) is 19.8 Å². The van der Waals surface area contributed by atoms with Crippen molar-refractivity contribution in [1.82, 2.24) is 19.2 Å². The van der Waals surface area contributed by atoms with E-state index in [1.54, 1.807) is 20.7 Å². The van der Waals surface area contributed by atoms with Gasteiger partial charge < -0.3 is 5.32 Å². The summed E-state index contributed by atoms with van der Waals surface area (Å²) in [7, 11) is 1.83. The van der Waals surface area contributed by atoms with Crippen molar-refractivity contribution in [2.24, 2.45) is 13.0 Å². The molecule has 1 aliphatic rings. The molecule has 1 amide bonds. The lowest BCUT2D eigenvalue weighted by Gasteiger charge is -2.30. The lowest BCUT2D eigenvalue weighted by atomic mass is 9.95. The van der Waals surface area contributed by atoms with E-state index >= 15 is 0 Å². The number of thiazole rings is 1. The maximum atomic E-state index is 13.0. The fraction of sp³-hybridized carbons (Fsp3) is 0.409. The van der Waals surface area contributed by atoms with Gasteiger partial charge in [0, 0.05) is 24.9 Å². The molecule has 1 fully saturated rings. The molecule has 30 heavy (non-hydrogen) atoms. The number of para-hydroxylation sites is 1. The van der Waals surface area contributed by atoms with Crippen LogP contribution in [0.25, 0.3) is 5.69 Å². The van der Waals surface area contributed by atoms with Gasteiger partial charge in [0.15, 0.2) is 0 Å². The lowest BCUT2D eigenvalue weighted by Crippen LogP contribution is -2.38. The number of aryl methyl sites for hydroxylation is 1. The topological polar surface area (TPSA) is 72.2 Å². The second kappa shape index (κ2) is 8.57. The van der Waals surface area contributed by atoms with Crippen molar-refractivity contribution in [3.63, 3.8) is 0 Å². The minimum atomic E-state index is -0.203. The number of hydrogen-bond donors (Lipinski definition) is 1. The highest BCUT2D eigenvalue weighted by molar-refractivity contribution is 7.09. The third-order valence-corrected chi connectivity index (χ3v) is 6.64. The van der Waals surface area contributed by atoms with E-state index in [0.29, 0.717) is 5.69 Å². The molecule has 7 nitrogen and oxygen atoms in total. The Morgan fingerprint density at radius 2 is 1.90 bits per heavy atom. The van der Waals surface area contributed by atoms with Crippen molar-refractivity contribution in [2.45, 2.75) is 33.2 Å². The molecule has 3 aromatic rings. The molecule has 0 spiro atoms. The number of benzene rings is 1. The van der Waals surface area contributed by atoms with Crippen LogP contribution in [0.5, 0.6) is 0 Å². The molecule has 1 aliphatic heterocycles. The highest BCUT2D eigenvalue weighted by Gasteiger charge is 2.27. The average molecular weight is 426 g/mol. The molecule has 2 aromatic heterocycles. The molecule has 158 valence electrons. The molecular formula is C22H27N5O2S. The van der Waals surface area contributed by atoms with Crippen molar-refractivity contribution in [3.05, 3.63) is 62.5 Å². The van der Waals surface area contributed by atoms with Gasteiger partial charge in [-0.25, -0.2) is 9.67 Å². The number of piperidine rings is 1. The predicted octanol–water partition coefficient (Wildman–Crippen LogP) is 3.10. The van der Waals surface area contributed by atoms with Crippen molar-refractivity contribution >= 4 is 22.9 Å². The Bertz CT molecular complexity index is 1090. The second-order valence-corrected chi connectivity index (χ2v) is 8.90. The molecule has 0 aliphatic carbocycles. The monoisotopic (exact) mass is 425 g/mol. The van der Waals surface area contributed by atoms with E-state index in [1.165, 1.54) is 0 Å². The van der Waals surface area contributed by atoms with Crippen LogP contribution < -0.4 is 10.9 Å². The molecular weight excluding hydrogens is 398 g/mol. The number of hydrogen-bond acceptors (Lipinski definition) is 5. The van der Waals surface area contributed by atoms with Gasteiger partial charge in [0.05, 0.1) is 22.1 Å². The zero-order chi connectivity index (χ0) is 21.3. The molecule has 4 rings (SSSR count). The standard InChI is InChI=1S/C22H27N5O2S/c1-15-20(22(29)27(25(15)3)19-7-5-4-6-8-19)24-21(28)17-9-11-26(12-10-17)13-18-14-30-16(2)23-18/h4-8,14,17H,9-13H2,1-3H3,(H,24,28). The van der Waals surface area contributed by atoms with Gasteiger partial charge in [0.2, 0.25) is 5.91 Å². The molecule has 1 aromatic carbocycles. The van der Waals surface area contributed by atoms with Crippen molar-refractivity contribution in [3.8, 4) is 5.69 Å². The largest absolute Gasteiger partial charge is 0.320 e. The van der Waals surface area contributed by atoms with Crippen LogP contribution in [0.3, 0.4) is 0 Å². The van der Waals surface area contributed by atoms with Gasteiger partial charge in [0.25, 0.3) is 5.56 Å². The summed E-state index contributed by atoms with van der Waals surface area (Å²) in [6.45, 7) is 6.42. The Balaban J connectivity index is 1.42. The first-order valence-electron chi connectivity index (χ1n) is 10.2. The molecule has 0 bridgehead atoms. The molecule has 0 atom stereocenters. The number of likely N-dealkylation sites (tertiary alicyclic amines) is 1. The summed E-state index contributed by atoms with van der Waals surface area (Å²) < 4.78 is 3.37. The third-order valence-electron chi connectivity index (χ3n) is 5.81. The van der Waals surface area contributed by atoms with Crippen LogP contribution >= 0.6 is 11.3 Å². The maximum absolute atomic E-state index is 13.0. The molecule has 3 heterocycles. The van der Waals surface area contributed by atoms with Gasteiger partial charge in [-0.05, 0) is 51.9 Å². The Hall–Kier alpha value is -2.71. The van der Waals surface area contributed by atoms with Gasteiger partial charge >= 0.3 is 0 Å². The van der Waals surface area contributed by atoms with Gasteiger partial charge in [-0.1, -0.05) is 18.2 Å². The number of aromatic nitrogens is 3. The second-order valence-electron chi connectivity index (χ2n) is 7.83. The third kappa shape index (κ3) is 4.11. The number of amides is 1. The van der Waals surface area contributed by atoms with Gasteiger partial charge in [0.1, 0.15) is 5.69 Å². The quantitative estimate of drug-likeness (QED) is 0.682. The van der Waals surface area contributed by atoms with E-state index in [0.717, 1.165) is 54.6 Å². The molecule has 8 heteroatoms. The number of carbonyl (C=O) groups excluding carboxylic acids is 1. The highest BCUT2D eigenvalue weighted by atomic mass is 32.1. The summed E-state index contributed by atoms with van der Waals surface area (Å²) in [5.74, 6) is -0.146. The highest BCUT2D eigenvalue weighted by Crippen LogP contribution is 2.22. The van der Waals surface area contributed by atoms with Crippen molar-refractivity contribution in [2.75, 3.05) is 18.4 Å². The van der Waals surface area contributed by atoms with Crippen LogP contribution in [0.4, 0.5) is 5.69 Å². The summed E-state index contributed by atoms with van der Waals surface area (Å²) in [5.41, 5.74) is 2.78. The van der Waals surface area contributed by atoms with Crippen LogP contribution in [-0.2, 0) is 18.4 Å². The Kier molecular flexibility index (Phi) is 5.87. The van der Waals surface area contributed by atoms with Gasteiger partial charge in [-0.2, -0.15) is 0 Å². The van der Waals surface area contributed by atoms with Gasteiger partial charge in [-0.15, -0.1) is 11.3 Å². The zero-order valence-corrected chi connectivity index (χ0v) is 18.4. The number of nitrogens with one attached hydrogen (secondary N) is 1. The normalized spacial score (nSPS) is 15.4. The van der Waals surface area contributed by atoms with Crippen LogP contribution in [0.15, 0.2) is 40.5 Å². The van der Waals surface area contributed by atoms with E-state index in [2.05, 4.69) is 20.6 Å². The van der Waals surface area contributed by atoms with Crippen LogP contribution in [-0.4, -0.2) is 38.2 Å². The minimum absolute atomic E-state index is 0.0647. The fourth-order valence-electron chi connectivity index (χ4n) is 4.00. The first-order chi connectivity index (χ1) is 14.4. The van der Waals surface area contributed by atoms with E-state index in [4.69, 9.17) is 0 Å². The van der Waals surface area contributed by atoms with Crippen molar-refractivity contribution in [1.29, 1.82) is 0 Å². The van der Waals surface area contributed by atoms with Crippen molar-refractivity contribution < 1.29 is 4.79 Å². The number of carbonyl (C=O) groups is 1. The van der Waals surface area contributed by atoms with Crippen LogP contribution in [0.2, 0.25) is 0 Å².